The average Bonchev–Trinajstić information content (AvgIpc) is 2.55. The number of oxime groups is 1. The van der Waals surface area contributed by atoms with Gasteiger partial charge in [0, 0.05) is 0 Å². The Bertz CT molecular complexity index is 746. The average molecular weight is 317 g/mol. The van der Waals surface area contributed by atoms with E-state index in [9.17, 15) is 4.79 Å². The second-order valence-electron chi connectivity index (χ2n) is 4.87. The van der Waals surface area contributed by atoms with Crippen molar-refractivity contribution in [2.24, 2.45) is 11.1 Å². The minimum Gasteiger partial charge on any atom is -0.439 e. The number of carbonyl (C=O) groups excluding carboxylic acids is 1. The van der Waals surface area contributed by atoms with Gasteiger partial charge in [-0.25, -0.2) is 0 Å². The smallest absolute Gasteiger partial charge is 0.243 e. The summed E-state index contributed by atoms with van der Waals surface area (Å²) in [6.07, 6.45) is 0.395. The summed E-state index contributed by atoms with van der Waals surface area (Å²) in [6.45, 7) is 0. The van der Waals surface area contributed by atoms with Gasteiger partial charge < -0.3 is 15.3 Å². The zero-order valence-corrected chi connectivity index (χ0v) is 12.2. The highest BCUT2D eigenvalue weighted by molar-refractivity contribution is 6.33. The van der Waals surface area contributed by atoms with E-state index in [2.05, 4.69) is 10.5 Å². The first-order valence-electron chi connectivity index (χ1n) is 6.72. The number of benzene rings is 2. The second kappa shape index (κ2) is 6.07. The molecule has 0 saturated heterocycles. The first-order chi connectivity index (χ1) is 10.7. The predicted molar refractivity (Wildman–Crippen MR) is 83.6 cm³/mol. The molecule has 0 fully saturated rings. The fraction of sp³-hybridized carbons (Fsp3) is 0.125. The van der Waals surface area contributed by atoms with Crippen molar-refractivity contribution in [3.63, 3.8) is 0 Å². The fourth-order valence-electron chi connectivity index (χ4n) is 2.34. The van der Waals surface area contributed by atoms with Crippen molar-refractivity contribution in [1.82, 2.24) is 0 Å². The molecule has 22 heavy (non-hydrogen) atoms. The minimum absolute atomic E-state index is 0.0248. The molecule has 1 aliphatic heterocycles. The van der Waals surface area contributed by atoms with Crippen LogP contribution in [-0.2, 0) is 11.2 Å². The van der Waals surface area contributed by atoms with E-state index in [1.807, 2.05) is 18.2 Å². The van der Waals surface area contributed by atoms with Crippen LogP contribution < -0.4 is 10.1 Å². The van der Waals surface area contributed by atoms with E-state index in [0.29, 0.717) is 22.9 Å². The minimum atomic E-state index is -0.712. The number of ether oxygens (including phenoxy) is 1. The Balaban J connectivity index is 1.84. The quantitative estimate of drug-likeness (QED) is 0.659. The number of halogens is 1. The topological polar surface area (TPSA) is 70.9 Å². The van der Waals surface area contributed by atoms with Crippen molar-refractivity contribution < 1.29 is 14.7 Å². The molecular weight excluding hydrogens is 304 g/mol. The number of nitrogens with one attached hydrogen (secondary N) is 1. The van der Waals surface area contributed by atoms with Gasteiger partial charge in [-0.05, 0) is 30.2 Å². The number of fused-ring (bicyclic) bond motifs is 1. The Labute approximate surface area is 132 Å². The van der Waals surface area contributed by atoms with Crippen LogP contribution in [0.25, 0.3) is 0 Å². The van der Waals surface area contributed by atoms with Crippen LogP contribution >= 0.6 is 11.6 Å². The van der Waals surface area contributed by atoms with Gasteiger partial charge in [-0.3, -0.25) is 4.79 Å². The van der Waals surface area contributed by atoms with Gasteiger partial charge in [-0.2, -0.15) is 0 Å². The molecule has 5 nitrogen and oxygen atoms in total. The Morgan fingerprint density at radius 2 is 1.95 bits per heavy atom. The molecule has 0 radical (unpaired) electrons. The number of hydrogen-bond donors (Lipinski definition) is 2. The van der Waals surface area contributed by atoms with E-state index in [-0.39, 0.29) is 11.8 Å². The number of anilines is 1. The fourth-order valence-corrected chi connectivity index (χ4v) is 2.52. The summed E-state index contributed by atoms with van der Waals surface area (Å²) in [5, 5.41) is 15.4. The van der Waals surface area contributed by atoms with Crippen molar-refractivity contribution in [3.8, 4) is 5.75 Å². The van der Waals surface area contributed by atoms with E-state index in [4.69, 9.17) is 21.5 Å². The summed E-state index contributed by atoms with van der Waals surface area (Å²) in [5.41, 5.74) is 1.39. The van der Waals surface area contributed by atoms with Gasteiger partial charge in [0.05, 0.1) is 10.7 Å². The van der Waals surface area contributed by atoms with E-state index in [1.165, 1.54) is 0 Å². The first kappa shape index (κ1) is 14.4. The molecule has 3 rings (SSSR count). The van der Waals surface area contributed by atoms with Gasteiger partial charge in [-0.1, -0.05) is 47.1 Å². The maximum Gasteiger partial charge on any atom is 0.243 e. The molecule has 112 valence electrons. The van der Waals surface area contributed by atoms with Gasteiger partial charge in [0.15, 0.2) is 0 Å². The third-order valence-corrected chi connectivity index (χ3v) is 3.79. The van der Waals surface area contributed by atoms with Crippen LogP contribution in [0.1, 0.15) is 5.56 Å². The summed E-state index contributed by atoms with van der Waals surface area (Å²) in [6, 6.07) is 14.3. The lowest BCUT2D eigenvalue weighted by Gasteiger charge is -2.24. The molecule has 2 aromatic rings. The molecule has 1 aliphatic rings. The summed E-state index contributed by atoms with van der Waals surface area (Å²) in [5.74, 6) is -0.480. The van der Waals surface area contributed by atoms with Crippen LogP contribution in [0, 0.1) is 5.92 Å². The number of hydrogen-bond acceptors (Lipinski definition) is 4. The lowest BCUT2D eigenvalue weighted by Crippen LogP contribution is -2.37. The molecule has 1 heterocycles. The number of amides is 1. The van der Waals surface area contributed by atoms with Crippen LogP contribution in [0.15, 0.2) is 53.7 Å². The third-order valence-electron chi connectivity index (χ3n) is 3.46. The van der Waals surface area contributed by atoms with Crippen molar-refractivity contribution in [1.29, 1.82) is 0 Å². The molecule has 0 spiro atoms. The number of rotatable bonds is 2. The first-order valence-corrected chi connectivity index (χ1v) is 7.10. The maximum absolute atomic E-state index is 12.5. The Kier molecular flexibility index (Phi) is 3.98. The Morgan fingerprint density at radius 1 is 1.23 bits per heavy atom. The normalized spacial score (nSPS) is 18.4. The van der Waals surface area contributed by atoms with Crippen molar-refractivity contribution in [2.45, 2.75) is 6.42 Å². The summed E-state index contributed by atoms with van der Waals surface area (Å²) >= 11 is 6.03. The van der Waals surface area contributed by atoms with Gasteiger partial charge in [0.25, 0.3) is 0 Å². The molecular formula is C16H13ClN2O3. The SMILES string of the molecule is O=C(Nc1ccccc1Cl)C1Cc2ccccc2OC1=NO. The molecule has 1 amide bonds. The molecule has 6 heteroatoms. The second-order valence-corrected chi connectivity index (χ2v) is 5.28. The highest BCUT2D eigenvalue weighted by Gasteiger charge is 2.33. The number of nitrogens with zero attached hydrogens (tertiary/aromatic N) is 1. The van der Waals surface area contributed by atoms with Crippen molar-refractivity contribution in [2.75, 3.05) is 5.32 Å². The van der Waals surface area contributed by atoms with Crippen LogP contribution in [0.3, 0.4) is 0 Å². The molecule has 0 aromatic heterocycles. The van der Waals surface area contributed by atoms with Crippen molar-refractivity contribution in [3.05, 3.63) is 59.1 Å². The summed E-state index contributed by atoms with van der Waals surface area (Å²) in [7, 11) is 0. The molecule has 0 saturated carbocycles. The number of para-hydroxylation sites is 2. The molecule has 0 aliphatic carbocycles. The monoisotopic (exact) mass is 316 g/mol. The van der Waals surface area contributed by atoms with Gasteiger partial charge in [0.2, 0.25) is 11.8 Å². The Morgan fingerprint density at radius 3 is 2.73 bits per heavy atom. The summed E-state index contributed by atoms with van der Waals surface area (Å²) in [4.78, 5) is 12.5. The van der Waals surface area contributed by atoms with Crippen LogP contribution in [0.5, 0.6) is 5.75 Å². The van der Waals surface area contributed by atoms with E-state index >= 15 is 0 Å². The molecule has 2 N–H and O–H groups in total. The van der Waals surface area contributed by atoms with Gasteiger partial charge in [-0.15, -0.1) is 0 Å². The van der Waals surface area contributed by atoms with E-state index < -0.39 is 5.92 Å². The lowest BCUT2D eigenvalue weighted by molar-refractivity contribution is -0.118. The van der Waals surface area contributed by atoms with Crippen LogP contribution in [-0.4, -0.2) is 17.0 Å². The highest BCUT2D eigenvalue weighted by Crippen LogP contribution is 2.29. The van der Waals surface area contributed by atoms with E-state index in [0.717, 1.165) is 5.56 Å². The maximum atomic E-state index is 12.5. The lowest BCUT2D eigenvalue weighted by atomic mass is 9.95. The molecule has 1 unspecified atom stereocenters. The van der Waals surface area contributed by atoms with Gasteiger partial charge >= 0.3 is 0 Å². The highest BCUT2D eigenvalue weighted by atomic mass is 35.5. The largest absolute Gasteiger partial charge is 0.439 e. The van der Waals surface area contributed by atoms with Crippen molar-refractivity contribution >= 4 is 29.1 Å². The van der Waals surface area contributed by atoms with Crippen LogP contribution in [0.2, 0.25) is 5.02 Å². The van der Waals surface area contributed by atoms with E-state index in [1.54, 1.807) is 30.3 Å². The zero-order chi connectivity index (χ0) is 15.5. The zero-order valence-electron chi connectivity index (χ0n) is 11.5. The predicted octanol–water partition coefficient (Wildman–Crippen LogP) is 3.32. The molecule has 0 bridgehead atoms. The Hall–Kier alpha value is -2.53. The number of carbonyl (C=O) groups is 1. The van der Waals surface area contributed by atoms with Crippen LogP contribution in [0.4, 0.5) is 5.69 Å². The third kappa shape index (κ3) is 2.76. The molecule has 1 atom stereocenters. The molecule has 2 aromatic carbocycles. The summed E-state index contributed by atoms with van der Waals surface area (Å²) < 4.78 is 5.49. The standard InChI is InChI=1S/C16H13ClN2O3/c17-12-6-2-3-7-13(12)18-15(20)11-9-10-5-1-4-8-14(10)22-16(11)19-21/h1-8,11,21H,9H2,(H,18,20). The van der Waals surface area contributed by atoms with Gasteiger partial charge in [0.1, 0.15) is 11.7 Å².